The third kappa shape index (κ3) is 2.56. The van der Waals surface area contributed by atoms with Crippen LogP contribution in [0.1, 0.15) is 25.2 Å². The SMILES string of the molecule is Cc1ncc(-c2ccc3c(c2)N(c2cccc(Cl)n2)C(=O)C3(C)C)cn1. The molecule has 3 heterocycles. The zero-order valence-electron chi connectivity index (χ0n) is 14.7. The Bertz CT molecular complexity index is 1010. The number of carbonyl (C=O) groups excluding carboxylic acids is 1. The van der Waals surface area contributed by atoms with Crippen molar-refractivity contribution < 1.29 is 4.79 Å². The third-order valence-electron chi connectivity index (χ3n) is 4.69. The van der Waals surface area contributed by atoms with E-state index >= 15 is 0 Å². The average molecular weight is 365 g/mol. The molecule has 0 aliphatic carbocycles. The van der Waals surface area contributed by atoms with Gasteiger partial charge in [-0.1, -0.05) is 29.8 Å². The van der Waals surface area contributed by atoms with Crippen LogP contribution >= 0.6 is 11.6 Å². The number of carbonyl (C=O) groups is 1. The molecule has 0 radical (unpaired) electrons. The van der Waals surface area contributed by atoms with Crippen LogP contribution in [-0.2, 0) is 10.2 Å². The van der Waals surface area contributed by atoms with Crippen LogP contribution < -0.4 is 4.90 Å². The number of anilines is 2. The van der Waals surface area contributed by atoms with Gasteiger partial charge in [-0.2, -0.15) is 0 Å². The molecule has 5 nitrogen and oxygen atoms in total. The fourth-order valence-corrected chi connectivity index (χ4v) is 3.38. The molecule has 0 N–H and O–H groups in total. The van der Waals surface area contributed by atoms with Gasteiger partial charge in [0.25, 0.3) is 0 Å². The number of fused-ring (bicyclic) bond motifs is 1. The maximum atomic E-state index is 13.1. The van der Waals surface area contributed by atoms with Crippen molar-refractivity contribution in [1.82, 2.24) is 15.0 Å². The monoisotopic (exact) mass is 364 g/mol. The largest absolute Gasteiger partial charge is 0.273 e. The summed E-state index contributed by atoms with van der Waals surface area (Å²) in [7, 11) is 0. The molecule has 130 valence electrons. The van der Waals surface area contributed by atoms with Crippen molar-refractivity contribution in [3.8, 4) is 11.1 Å². The normalized spacial score (nSPS) is 15.2. The summed E-state index contributed by atoms with van der Waals surface area (Å²) >= 11 is 6.05. The highest BCUT2D eigenvalue weighted by molar-refractivity contribution is 6.29. The molecule has 1 amide bonds. The van der Waals surface area contributed by atoms with Gasteiger partial charge in [0.05, 0.1) is 11.1 Å². The van der Waals surface area contributed by atoms with Gasteiger partial charge in [-0.3, -0.25) is 9.69 Å². The Balaban J connectivity index is 1.89. The molecule has 0 spiro atoms. The van der Waals surface area contributed by atoms with Gasteiger partial charge in [0.2, 0.25) is 5.91 Å². The second-order valence-electron chi connectivity index (χ2n) is 6.83. The fourth-order valence-electron chi connectivity index (χ4n) is 3.22. The lowest BCUT2D eigenvalue weighted by atomic mass is 9.85. The first kappa shape index (κ1) is 16.7. The topological polar surface area (TPSA) is 59.0 Å². The van der Waals surface area contributed by atoms with Crippen LogP contribution in [0, 0.1) is 6.92 Å². The maximum absolute atomic E-state index is 13.1. The van der Waals surface area contributed by atoms with E-state index in [9.17, 15) is 4.79 Å². The summed E-state index contributed by atoms with van der Waals surface area (Å²) in [6.07, 6.45) is 3.57. The predicted molar refractivity (Wildman–Crippen MR) is 102 cm³/mol. The zero-order chi connectivity index (χ0) is 18.5. The third-order valence-corrected chi connectivity index (χ3v) is 4.90. The molecule has 0 unspecified atom stereocenters. The van der Waals surface area contributed by atoms with Crippen LogP contribution in [-0.4, -0.2) is 20.9 Å². The van der Waals surface area contributed by atoms with Crippen LogP contribution in [0.2, 0.25) is 5.15 Å². The maximum Gasteiger partial charge on any atom is 0.242 e. The highest BCUT2D eigenvalue weighted by atomic mass is 35.5. The molecule has 1 aromatic carbocycles. The number of pyridine rings is 1. The van der Waals surface area contributed by atoms with Gasteiger partial charge in [0.15, 0.2) is 0 Å². The number of rotatable bonds is 2. The summed E-state index contributed by atoms with van der Waals surface area (Å²) in [5, 5.41) is 0.352. The van der Waals surface area contributed by atoms with Gasteiger partial charge in [-0.15, -0.1) is 0 Å². The van der Waals surface area contributed by atoms with Crippen molar-refractivity contribution in [3.05, 3.63) is 65.3 Å². The van der Waals surface area contributed by atoms with E-state index in [2.05, 4.69) is 15.0 Å². The minimum absolute atomic E-state index is 0.0282. The van der Waals surface area contributed by atoms with E-state index in [0.717, 1.165) is 28.2 Å². The number of nitrogens with zero attached hydrogens (tertiary/aromatic N) is 4. The molecule has 6 heteroatoms. The molecule has 2 aromatic heterocycles. The van der Waals surface area contributed by atoms with E-state index in [1.165, 1.54) is 0 Å². The molecule has 1 aliphatic rings. The van der Waals surface area contributed by atoms with E-state index in [4.69, 9.17) is 11.6 Å². The molecular formula is C20H17ClN4O. The smallest absolute Gasteiger partial charge is 0.242 e. The summed E-state index contributed by atoms with van der Waals surface area (Å²) in [6.45, 7) is 5.70. The van der Waals surface area contributed by atoms with Gasteiger partial charge in [0, 0.05) is 18.0 Å². The van der Waals surface area contributed by atoms with E-state index in [-0.39, 0.29) is 5.91 Å². The van der Waals surface area contributed by atoms with Crippen molar-refractivity contribution in [2.24, 2.45) is 0 Å². The molecule has 0 fully saturated rings. The minimum Gasteiger partial charge on any atom is -0.273 e. The quantitative estimate of drug-likeness (QED) is 0.630. The van der Waals surface area contributed by atoms with Gasteiger partial charge >= 0.3 is 0 Å². The number of hydrogen-bond acceptors (Lipinski definition) is 4. The number of hydrogen-bond donors (Lipinski definition) is 0. The average Bonchev–Trinajstić information content (AvgIpc) is 2.81. The fraction of sp³-hybridized carbons (Fsp3) is 0.200. The summed E-state index contributed by atoms with van der Waals surface area (Å²) in [5.74, 6) is 1.21. The molecule has 1 aliphatic heterocycles. The zero-order valence-corrected chi connectivity index (χ0v) is 15.4. The first-order valence-corrected chi connectivity index (χ1v) is 8.66. The Morgan fingerprint density at radius 3 is 2.46 bits per heavy atom. The summed E-state index contributed by atoms with van der Waals surface area (Å²) < 4.78 is 0. The first-order valence-electron chi connectivity index (χ1n) is 8.28. The van der Waals surface area contributed by atoms with Crippen LogP contribution in [0.4, 0.5) is 11.5 Å². The number of aromatic nitrogens is 3. The molecule has 26 heavy (non-hydrogen) atoms. The minimum atomic E-state index is -0.637. The number of benzene rings is 1. The van der Waals surface area contributed by atoms with Crippen LogP contribution in [0.15, 0.2) is 48.8 Å². The van der Waals surface area contributed by atoms with Crippen LogP contribution in [0.3, 0.4) is 0 Å². The van der Waals surface area contributed by atoms with E-state index in [0.29, 0.717) is 11.0 Å². The number of aryl methyl sites for hydroxylation is 1. The Hall–Kier alpha value is -2.79. The van der Waals surface area contributed by atoms with E-state index in [1.54, 1.807) is 35.5 Å². The highest BCUT2D eigenvalue weighted by Gasteiger charge is 2.45. The van der Waals surface area contributed by atoms with Gasteiger partial charge in [-0.25, -0.2) is 15.0 Å². The molecule has 0 bridgehead atoms. The summed E-state index contributed by atoms with van der Waals surface area (Å²) in [4.78, 5) is 27.6. The number of amides is 1. The Morgan fingerprint density at radius 1 is 1.04 bits per heavy atom. The van der Waals surface area contributed by atoms with Crippen molar-refractivity contribution >= 4 is 29.0 Å². The Morgan fingerprint density at radius 2 is 1.77 bits per heavy atom. The lowest BCUT2D eigenvalue weighted by Gasteiger charge is -2.19. The molecule has 0 saturated heterocycles. The van der Waals surface area contributed by atoms with Crippen molar-refractivity contribution in [3.63, 3.8) is 0 Å². The molecule has 0 saturated carbocycles. The highest BCUT2D eigenvalue weighted by Crippen LogP contribution is 2.46. The Labute approximate surface area is 156 Å². The lowest BCUT2D eigenvalue weighted by molar-refractivity contribution is -0.121. The van der Waals surface area contributed by atoms with Gasteiger partial charge < -0.3 is 0 Å². The second-order valence-corrected chi connectivity index (χ2v) is 7.22. The van der Waals surface area contributed by atoms with Gasteiger partial charge in [0.1, 0.15) is 16.8 Å². The second kappa shape index (κ2) is 5.88. The summed E-state index contributed by atoms with van der Waals surface area (Å²) in [6, 6.07) is 11.2. The Kier molecular flexibility index (Phi) is 3.77. The van der Waals surface area contributed by atoms with Crippen molar-refractivity contribution in [1.29, 1.82) is 0 Å². The van der Waals surface area contributed by atoms with E-state index in [1.807, 2.05) is 39.0 Å². The summed E-state index contributed by atoms with van der Waals surface area (Å²) in [5.41, 5.74) is 2.98. The lowest BCUT2D eigenvalue weighted by Crippen LogP contribution is -2.33. The van der Waals surface area contributed by atoms with Crippen molar-refractivity contribution in [2.75, 3.05) is 4.90 Å². The van der Waals surface area contributed by atoms with Crippen LogP contribution in [0.5, 0.6) is 0 Å². The standard InChI is InChI=1S/C20H17ClN4O/c1-12-22-10-14(11-23-12)13-7-8-15-16(9-13)25(19(26)20(15,2)3)18-6-4-5-17(21)24-18/h4-11H,1-3H3. The molecule has 3 aromatic rings. The van der Waals surface area contributed by atoms with Gasteiger partial charge in [-0.05, 0) is 50.1 Å². The van der Waals surface area contributed by atoms with Crippen molar-refractivity contribution in [2.45, 2.75) is 26.2 Å². The number of halogens is 1. The molecule has 4 rings (SSSR count). The van der Waals surface area contributed by atoms with Crippen LogP contribution in [0.25, 0.3) is 11.1 Å². The first-order chi connectivity index (χ1) is 12.4. The molecular weight excluding hydrogens is 348 g/mol. The van der Waals surface area contributed by atoms with E-state index < -0.39 is 5.41 Å². The predicted octanol–water partition coefficient (Wildman–Crippen LogP) is 4.46. The molecule has 0 atom stereocenters.